The van der Waals surface area contributed by atoms with Crippen molar-refractivity contribution in [1.29, 1.82) is 0 Å². The first-order chi connectivity index (χ1) is 12.3. The number of methoxy groups -OCH3 is 1. The van der Waals surface area contributed by atoms with E-state index in [1.165, 1.54) is 30.5 Å². The first-order valence-corrected chi connectivity index (χ1v) is 9.85. The van der Waals surface area contributed by atoms with Gasteiger partial charge < -0.3 is 15.2 Å². The second-order valence-electron chi connectivity index (χ2n) is 6.31. The predicted octanol–water partition coefficient (Wildman–Crippen LogP) is 1.32. The van der Waals surface area contributed by atoms with Crippen molar-refractivity contribution in [3.8, 4) is 5.75 Å². The molecule has 0 spiro atoms. The standard InChI is InChI=1S/C17H24N2O6S/c1-12(20)18-8-7-13-4-3-9-19(11-13)26(23,24)14-5-6-16(25-2)15(10-14)17(21)22/h5-6,10,13H,3-4,7-9,11H2,1-2H3,(H,18,20)(H,21,22). The van der Waals surface area contributed by atoms with Gasteiger partial charge in [-0.2, -0.15) is 4.31 Å². The number of nitrogens with zero attached hydrogens (tertiary/aromatic N) is 1. The summed E-state index contributed by atoms with van der Waals surface area (Å²) in [6, 6.07) is 3.85. The summed E-state index contributed by atoms with van der Waals surface area (Å²) in [5.74, 6) is -1.08. The van der Waals surface area contributed by atoms with E-state index < -0.39 is 16.0 Å². The van der Waals surface area contributed by atoms with E-state index in [2.05, 4.69) is 5.32 Å². The minimum atomic E-state index is -3.79. The molecule has 0 saturated carbocycles. The summed E-state index contributed by atoms with van der Waals surface area (Å²) in [6.45, 7) is 2.71. The molecular weight excluding hydrogens is 360 g/mol. The highest BCUT2D eigenvalue weighted by Gasteiger charge is 2.31. The van der Waals surface area contributed by atoms with E-state index in [0.29, 0.717) is 26.1 Å². The van der Waals surface area contributed by atoms with E-state index in [1.807, 2.05) is 0 Å². The van der Waals surface area contributed by atoms with Crippen molar-refractivity contribution in [3.63, 3.8) is 0 Å². The minimum Gasteiger partial charge on any atom is -0.496 e. The summed E-state index contributed by atoms with van der Waals surface area (Å²) in [7, 11) is -2.46. The molecule has 2 N–H and O–H groups in total. The molecule has 26 heavy (non-hydrogen) atoms. The predicted molar refractivity (Wildman–Crippen MR) is 94.7 cm³/mol. The van der Waals surface area contributed by atoms with Gasteiger partial charge in [0.1, 0.15) is 11.3 Å². The molecule has 1 aromatic carbocycles. The molecule has 0 radical (unpaired) electrons. The molecule has 8 nitrogen and oxygen atoms in total. The fourth-order valence-corrected chi connectivity index (χ4v) is 4.68. The molecule has 0 aromatic heterocycles. The number of benzene rings is 1. The Balaban J connectivity index is 2.17. The van der Waals surface area contributed by atoms with Gasteiger partial charge in [0, 0.05) is 26.6 Å². The third kappa shape index (κ3) is 4.73. The number of sulfonamides is 1. The second-order valence-corrected chi connectivity index (χ2v) is 8.25. The van der Waals surface area contributed by atoms with E-state index in [4.69, 9.17) is 4.74 Å². The molecule has 1 unspecified atom stereocenters. The lowest BCUT2D eigenvalue weighted by molar-refractivity contribution is -0.119. The molecule has 1 saturated heterocycles. The summed E-state index contributed by atoms with van der Waals surface area (Å²) in [4.78, 5) is 22.2. The smallest absolute Gasteiger partial charge is 0.339 e. The largest absolute Gasteiger partial charge is 0.496 e. The summed E-state index contributed by atoms with van der Waals surface area (Å²) in [5.41, 5.74) is -0.187. The minimum absolute atomic E-state index is 0.0572. The van der Waals surface area contributed by atoms with E-state index in [9.17, 15) is 23.1 Å². The van der Waals surface area contributed by atoms with Crippen LogP contribution in [0.2, 0.25) is 0 Å². The molecule has 1 atom stereocenters. The molecule has 9 heteroatoms. The summed E-state index contributed by atoms with van der Waals surface area (Å²) >= 11 is 0. The Hall–Kier alpha value is -2.13. The zero-order valence-electron chi connectivity index (χ0n) is 14.9. The zero-order valence-corrected chi connectivity index (χ0v) is 15.7. The van der Waals surface area contributed by atoms with E-state index in [-0.39, 0.29) is 28.0 Å². The van der Waals surface area contributed by atoms with Gasteiger partial charge >= 0.3 is 5.97 Å². The monoisotopic (exact) mass is 384 g/mol. The number of carbonyl (C=O) groups is 2. The average molecular weight is 384 g/mol. The van der Waals surface area contributed by atoms with Crippen molar-refractivity contribution < 1.29 is 27.9 Å². The maximum atomic E-state index is 12.9. The lowest BCUT2D eigenvalue weighted by Crippen LogP contribution is -2.40. The summed E-state index contributed by atoms with van der Waals surface area (Å²) < 4.78 is 32.2. The number of rotatable bonds is 7. The Morgan fingerprint density at radius 2 is 2.12 bits per heavy atom. The summed E-state index contributed by atoms with van der Waals surface area (Å²) in [6.07, 6.45) is 2.33. The van der Waals surface area contributed by atoms with Gasteiger partial charge in [-0.3, -0.25) is 4.79 Å². The average Bonchev–Trinajstić information content (AvgIpc) is 2.61. The Morgan fingerprint density at radius 1 is 1.38 bits per heavy atom. The van der Waals surface area contributed by atoms with Crippen molar-refractivity contribution >= 4 is 21.9 Å². The third-order valence-electron chi connectivity index (χ3n) is 4.45. The molecule has 0 bridgehead atoms. The van der Waals surface area contributed by atoms with E-state index >= 15 is 0 Å². The molecular formula is C17H24N2O6S. The van der Waals surface area contributed by atoms with Crippen LogP contribution in [0.25, 0.3) is 0 Å². The van der Waals surface area contributed by atoms with Gasteiger partial charge in [-0.1, -0.05) is 0 Å². The quantitative estimate of drug-likeness (QED) is 0.733. The Bertz CT molecular complexity index is 777. The number of carbonyl (C=O) groups excluding carboxylic acids is 1. The van der Waals surface area contributed by atoms with Crippen molar-refractivity contribution in [1.82, 2.24) is 9.62 Å². The Labute approximate surface area is 153 Å². The molecule has 1 aliphatic heterocycles. The Morgan fingerprint density at radius 3 is 2.73 bits per heavy atom. The van der Waals surface area contributed by atoms with Gasteiger partial charge in [-0.25, -0.2) is 13.2 Å². The van der Waals surface area contributed by atoms with Crippen LogP contribution in [0.1, 0.15) is 36.5 Å². The van der Waals surface area contributed by atoms with Crippen LogP contribution < -0.4 is 10.1 Å². The maximum Gasteiger partial charge on any atom is 0.339 e. The van der Waals surface area contributed by atoms with Gasteiger partial charge in [-0.05, 0) is 43.4 Å². The van der Waals surface area contributed by atoms with Gasteiger partial charge in [0.15, 0.2) is 0 Å². The van der Waals surface area contributed by atoms with Crippen LogP contribution in [0.15, 0.2) is 23.1 Å². The van der Waals surface area contributed by atoms with Crippen molar-refractivity contribution in [2.45, 2.75) is 31.1 Å². The van der Waals surface area contributed by atoms with Gasteiger partial charge in [0.05, 0.1) is 12.0 Å². The van der Waals surface area contributed by atoms with Crippen LogP contribution in [0.5, 0.6) is 5.75 Å². The highest BCUT2D eigenvalue weighted by atomic mass is 32.2. The molecule has 1 aromatic rings. The maximum absolute atomic E-state index is 12.9. The molecule has 144 valence electrons. The number of carboxylic acid groups (broad SMARTS) is 1. The first-order valence-electron chi connectivity index (χ1n) is 8.41. The van der Waals surface area contributed by atoms with Crippen LogP contribution >= 0.6 is 0 Å². The fraction of sp³-hybridized carbons (Fsp3) is 0.529. The van der Waals surface area contributed by atoms with Crippen molar-refractivity contribution in [2.24, 2.45) is 5.92 Å². The molecule has 1 fully saturated rings. The van der Waals surface area contributed by atoms with Crippen molar-refractivity contribution in [3.05, 3.63) is 23.8 Å². The number of piperidine rings is 1. The third-order valence-corrected chi connectivity index (χ3v) is 6.31. The molecule has 1 aliphatic rings. The van der Waals surface area contributed by atoms with Gasteiger partial charge in [0.2, 0.25) is 15.9 Å². The fourth-order valence-electron chi connectivity index (χ4n) is 3.10. The molecule has 0 aliphatic carbocycles. The lowest BCUT2D eigenvalue weighted by Gasteiger charge is -2.32. The number of nitrogens with one attached hydrogen (secondary N) is 1. The van der Waals surface area contributed by atoms with E-state index in [0.717, 1.165) is 18.9 Å². The van der Waals surface area contributed by atoms with Crippen LogP contribution in [0, 0.1) is 5.92 Å². The number of ether oxygens (including phenoxy) is 1. The van der Waals surface area contributed by atoms with Crippen LogP contribution in [-0.2, 0) is 14.8 Å². The zero-order chi connectivity index (χ0) is 19.3. The van der Waals surface area contributed by atoms with Crippen molar-refractivity contribution in [2.75, 3.05) is 26.7 Å². The number of aromatic carboxylic acids is 1. The van der Waals surface area contributed by atoms with Gasteiger partial charge in [0.25, 0.3) is 0 Å². The van der Waals surface area contributed by atoms with Crippen LogP contribution in [-0.4, -0.2) is 56.5 Å². The molecule has 1 amide bonds. The lowest BCUT2D eigenvalue weighted by atomic mass is 9.96. The summed E-state index contributed by atoms with van der Waals surface area (Å²) in [5, 5.41) is 12.0. The van der Waals surface area contributed by atoms with Gasteiger partial charge in [-0.15, -0.1) is 0 Å². The second kappa shape index (κ2) is 8.50. The molecule has 2 rings (SSSR count). The first kappa shape index (κ1) is 20.2. The SMILES string of the molecule is COc1ccc(S(=O)(=O)N2CCCC(CCNC(C)=O)C2)cc1C(=O)O. The number of carboxylic acids is 1. The highest BCUT2D eigenvalue weighted by molar-refractivity contribution is 7.89. The normalized spacial score (nSPS) is 18.3. The number of amides is 1. The van der Waals surface area contributed by atoms with E-state index in [1.54, 1.807) is 0 Å². The Kier molecular flexibility index (Phi) is 6.60. The van der Waals surface area contributed by atoms with Crippen LogP contribution in [0.3, 0.4) is 0 Å². The topological polar surface area (TPSA) is 113 Å². The number of hydrogen-bond donors (Lipinski definition) is 2. The van der Waals surface area contributed by atoms with Crippen LogP contribution in [0.4, 0.5) is 0 Å². The highest BCUT2D eigenvalue weighted by Crippen LogP contribution is 2.28. The molecule has 1 heterocycles. The number of hydrogen-bond acceptors (Lipinski definition) is 5.